The predicted molar refractivity (Wildman–Crippen MR) is 124 cm³/mol. The van der Waals surface area contributed by atoms with E-state index in [2.05, 4.69) is 26.1 Å². The summed E-state index contributed by atoms with van der Waals surface area (Å²) in [4.78, 5) is 25.8. The molecule has 0 radical (unpaired) electrons. The maximum Gasteiger partial charge on any atom is 0.336 e. The van der Waals surface area contributed by atoms with Crippen molar-refractivity contribution >= 4 is 11.8 Å². The van der Waals surface area contributed by atoms with E-state index >= 15 is 0 Å². The Morgan fingerprint density at radius 3 is 2.59 bits per heavy atom. The lowest BCUT2D eigenvalue weighted by Crippen LogP contribution is -2.39. The van der Waals surface area contributed by atoms with Gasteiger partial charge in [0.15, 0.2) is 0 Å². The van der Waals surface area contributed by atoms with Crippen LogP contribution in [0, 0.1) is 5.41 Å². The van der Waals surface area contributed by atoms with Crippen molar-refractivity contribution in [3.63, 3.8) is 0 Å². The molecule has 0 saturated heterocycles. The second-order valence-corrected chi connectivity index (χ2v) is 9.22. The maximum absolute atomic E-state index is 13.4. The summed E-state index contributed by atoms with van der Waals surface area (Å²) >= 11 is 0. The number of Topliss-reactive ketones (excluding diaryl/α,β-unsaturated/α-hetero) is 1. The molecule has 1 aliphatic heterocycles. The Morgan fingerprint density at radius 2 is 1.94 bits per heavy atom. The van der Waals surface area contributed by atoms with Crippen molar-refractivity contribution in [3.8, 4) is 11.5 Å². The summed E-state index contributed by atoms with van der Waals surface area (Å²) in [6.45, 7) is 8.51. The third-order valence-corrected chi connectivity index (χ3v) is 6.34. The Kier molecular flexibility index (Phi) is 7.32. The van der Waals surface area contributed by atoms with E-state index in [1.807, 2.05) is 25.1 Å². The highest BCUT2D eigenvalue weighted by Gasteiger charge is 2.45. The maximum atomic E-state index is 13.4. The highest BCUT2D eigenvalue weighted by molar-refractivity contribution is 5.94. The zero-order valence-corrected chi connectivity index (χ0v) is 20.1. The minimum Gasteiger partial charge on any atom is -0.497 e. The summed E-state index contributed by atoms with van der Waals surface area (Å²) in [5, 5.41) is 3.37. The first-order chi connectivity index (χ1) is 15.2. The van der Waals surface area contributed by atoms with Gasteiger partial charge in [-0.15, -0.1) is 0 Å². The van der Waals surface area contributed by atoms with E-state index in [-0.39, 0.29) is 17.7 Å². The summed E-state index contributed by atoms with van der Waals surface area (Å²) in [5.74, 6) is 0.818. The summed E-state index contributed by atoms with van der Waals surface area (Å²) < 4.78 is 16.8. The van der Waals surface area contributed by atoms with Gasteiger partial charge in [0.25, 0.3) is 0 Å². The van der Waals surface area contributed by atoms with Crippen LogP contribution in [0.2, 0.25) is 0 Å². The molecule has 0 amide bonds. The molecule has 1 aromatic carbocycles. The zero-order valence-electron chi connectivity index (χ0n) is 20.1. The molecule has 6 nitrogen and oxygen atoms in total. The molecule has 32 heavy (non-hydrogen) atoms. The first-order valence-electron chi connectivity index (χ1n) is 11.4. The molecule has 0 unspecified atom stereocenters. The second kappa shape index (κ2) is 9.80. The van der Waals surface area contributed by atoms with Crippen LogP contribution in [0.15, 0.2) is 40.7 Å². The smallest absolute Gasteiger partial charge is 0.336 e. The zero-order chi connectivity index (χ0) is 23.5. The third-order valence-electron chi connectivity index (χ3n) is 6.34. The molecule has 1 heterocycles. The minimum atomic E-state index is -0.415. The lowest BCUT2D eigenvalue weighted by molar-refractivity contribution is -0.139. The normalized spacial score (nSPS) is 19.9. The molecule has 2 aliphatic rings. The highest BCUT2D eigenvalue weighted by atomic mass is 16.5. The van der Waals surface area contributed by atoms with Crippen molar-refractivity contribution in [3.05, 3.63) is 46.3 Å². The molecule has 0 spiro atoms. The average molecular weight is 442 g/mol. The SMILES string of the molecule is CCCCCOC(=O)C1=C(C)NC2=C([C@@H]1c1ccc(OC)cc1OC)C(C)(C)CC(=O)C2. The number of esters is 1. The molecule has 1 atom stereocenters. The van der Waals surface area contributed by atoms with Gasteiger partial charge in [0.05, 0.1) is 26.4 Å². The number of hydrogen-bond donors (Lipinski definition) is 1. The van der Waals surface area contributed by atoms with E-state index in [1.54, 1.807) is 14.2 Å². The van der Waals surface area contributed by atoms with E-state index < -0.39 is 5.41 Å². The van der Waals surface area contributed by atoms with Crippen LogP contribution in [-0.2, 0) is 14.3 Å². The third kappa shape index (κ3) is 4.69. The van der Waals surface area contributed by atoms with Crippen molar-refractivity contribution in [1.82, 2.24) is 5.32 Å². The molecular weight excluding hydrogens is 406 g/mol. The van der Waals surface area contributed by atoms with Crippen LogP contribution >= 0.6 is 0 Å². The number of carbonyl (C=O) groups excluding carboxylic acids is 2. The Hall–Kier alpha value is -2.76. The number of hydrogen-bond acceptors (Lipinski definition) is 6. The van der Waals surface area contributed by atoms with Crippen molar-refractivity contribution in [1.29, 1.82) is 0 Å². The van der Waals surface area contributed by atoms with Crippen molar-refractivity contribution in [2.45, 2.75) is 65.7 Å². The molecule has 0 fully saturated rings. The first kappa shape index (κ1) is 23.9. The van der Waals surface area contributed by atoms with Gasteiger partial charge < -0.3 is 19.5 Å². The van der Waals surface area contributed by atoms with E-state index in [0.29, 0.717) is 36.5 Å². The minimum absolute atomic E-state index is 0.195. The Labute approximate surface area is 191 Å². The summed E-state index contributed by atoms with van der Waals surface area (Å²) in [5.41, 5.74) is 3.68. The van der Waals surface area contributed by atoms with Crippen LogP contribution in [-0.4, -0.2) is 32.6 Å². The lowest BCUT2D eigenvalue weighted by Gasteiger charge is -2.43. The number of allylic oxidation sites excluding steroid dienone is 3. The molecule has 1 aliphatic carbocycles. The van der Waals surface area contributed by atoms with Crippen LogP contribution in [0.1, 0.15) is 71.3 Å². The van der Waals surface area contributed by atoms with Crippen LogP contribution in [0.5, 0.6) is 11.5 Å². The summed E-state index contributed by atoms with van der Waals surface area (Å²) in [6, 6.07) is 5.65. The van der Waals surface area contributed by atoms with E-state index in [0.717, 1.165) is 41.8 Å². The van der Waals surface area contributed by atoms with Crippen LogP contribution in [0.3, 0.4) is 0 Å². The van der Waals surface area contributed by atoms with Gasteiger partial charge >= 0.3 is 5.97 Å². The number of dihydropyridines is 1. The van der Waals surface area contributed by atoms with Crippen molar-refractivity contribution < 1.29 is 23.8 Å². The van der Waals surface area contributed by atoms with E-state index in [1.165, 1.54) is 0 Å². The first-order valence-corrected chi connectivity index (χ1v) is 11.4. The number of rotatable bonds is 8. The van der Waals surface area contributed by atoms with Gasteiger partial charge in [-0.05, 0) is 30.4 Å². The van der Waals surface area contributed by atoms with Crippen molar-refractivity contribution in [2.24, 2.45) is 5.41 Å². The fourth-order valence-electron chi connectivity index (χ4n) is 4.92. The second-order valence-electron chi connectivity index (χ2n) is 9.22. The molecule has 3 rings (SSSR count). The largest absolute Gasteiger partial charge is 0.497 e. The molecule has 1 N–H and O–H groups in total. The topological polar surface area (TPSA) is 73.9 Å². The monoisotopic (exact) mass is 441 g/mol. The van der Waals surface area contributed by atoms with Gasteiger partial charge in [0, 0.05) is 41.8 Å². The lowest BCUT2D eigenvalue weighted by atomic mass is 9.64. The van der Waals surface area contributed by atoms with Crippen molar-refractivity contribution in [2.75, 3.05) is 20.8 Å². The van der Waals surface area contributed by atoms with Gasteiger partial charge in [-0.3, -0.25) is 4.79 Å². The Morgan fingerprint density at radius 1 is 1.19 bits per heavy atom. The van der Waals surface area contributed by atoms with E-state index in [4.69, 9.17) is 14.2 Å². The number of benzene rings is 1. The van der Waals surface area contributed by atoms with Gasteiger partial charge in [-0.25, -0.2) is 4.79 Å². The Balaban J connectivity index is 2.13. The number of ketones is 1. The van der Waals surface area contributed by atoms with Gasteiger partial charge in [-0.1, -0.05) is 39.7 Å². The summed E-state index contributed by atoms with van der Waals surface area (Å²) in [7, 11) is 3.22. The van der Waals surface area contributed by atoms with Gasteiger partial charge in [0.2, 0.25) is 0 Å². The molecule has 0 bridgehead atoms. The fraction of sp³-hybridized carbons (Fsp3) is 0.538. The quantitative estimate of drug-likeness (QED) is 0.450. The average Bonchev–Trinajstić information content (AvgIpc) is 2.74. The molecular formula is C26H35NO5. The number of carbonyl (C=O) groups is 2. The number of unbranched alkanes of at least 4 members (excludes halogenated alkanes) is 2. The van der Waals surface area contributed by atoms with Crippen LogP contribution in [0.4, 0.5) is 0 Å². The molecule has 1 aromatic rings. The number of ether oxygens (including phenoxy) is 3. The number of nitrogens with one attached hydrogen (secondary N) is 1. The molecule has 6 heteroatoms. The Bertz CT molecular complexity index is 957. The molecule has 0 aromatic heterocycles. The number of methoxy groups -OCH3 is 2. The predicted octanol–water partition coefficient (Wildman–Crippen LogP) is 5.04. The van der Waals surface area contributed by atoms with E-state index in [9.17, 15) is 9.59 Å². The van der Waals surface area contributed by atoms with Crippen LogP contribution in [0.25, 0.3) is 0 Å². The molecule has 174 valence electrons. The van der Waals surface area contributed by atoms with Crippen LogP contribution < -0.4 is 14.8 Å². The van der Waals surface area contributed by atoms with Gasteiger partial charge in [-0.2, -0.15) is 0 Å². The standard InChI is InChI=1S/C26H35NO5/c1-7-8-9-12-32-25(29)22-16(2)27-20-13-17(28)15-26(3,4)24(20)23(22)19-11-10-18(30-5)14-21(19)31-6/h10-11,14,23,27H,7-9,12-13,15H2,1-6H3/t23-/m1/s1. The van der Waals surface area contributed by atoms with Gasteiger partial charge in [0.1, 0.15) is 17.3 Å². The summed E-state index contributed by atoms with van der Waals surface area (Å²) in [6.07, 6.45) is 3.69. The highest BCUT2D eigenvalue weighted by Crippen LogP contribution is 2.53. The molecule has 0 saturated carbocycles. The fourth-order valence-corrected chi connectivity index (χ4v) is 4.92.